The van der Waals surface area contributed by atoms with Crippen molar-refractivity contribution < 1.29 is 14.4 Å². The zero-order valence-corrected chi connectivity index (χ0v) is 11.9. The Labute approximate surface area is 113 Å². The number of nitrogens with zero attached hydrogens (tertiary/aromatic N) is 2. The number of nitrogens with two attached hydrogens (primary N) is 1. The van der Waals surface area contributed by atoms with Crippen LogP contribution in [0, 0.1) is 11.8 Å². The van der Waals surface area contributed by atoms with Gasteiger partial charge in [-0.3, -0.25) is 19.3 Å². The number of likely N-dealkylation sites (tertiary alicyclic amines) is 1. The van der Waals surface area contributed by atoms with Crippen LogP contribution in [0.1, 0.15) is 27.2 Å². The summed E-state index contributed by atoms with van der Waals surface area (Å²) in [5.74, 6) is -1.05. The summed E-state index contributed by atoms with van der Waals surface area (Å²) < 4.78 is 0. The van der Waals surface area contributed by atoms with Crippen molar-refractivity contribution in [2.75, 3.05) is 26.2 Å². The number of carbonyl (C=O) groups is 3. The van der Waals surface area contributed by atoms with Crippen LogP contribution in [0.5, 0.6) is 0 Å². The Balaban J connectivity index is 2.74. The Morgan fingerprint density at radius 2 is 1.74 bits per heavy atom. The molecule has 1 aliphatic rings. The molecule has 1 fully saturated rings. The van der Waals surface area contributed by atoms with E-state index in [0.29, 0.717) is 24.9 Å². The Hall–Kier alpha value is -1.43. The molecule has 0 aromatic heterocycles. The van der Waals surface area contributed by atoms with Crippen LogP contribution >= 0.6 is 0 Å². The minimum atomic E-state index is -0.765. The third kappa shape index (κ3) is 4.02. The average Bonchev–Trinajstić information content (AvgIpc) is 2.32. The Kier molecular flexibility index (Phi) is 5.47. The van der Waals surface area contributed by atoms with Crippen LogP contribution in [0.3, 0.4) is 0 Å². The normalized spacial score (nSPS) is 23.1. The standard InChI is InChI=1S/C13H23N3O3/c1-9-6-10(2)8-15(7-9)12(18)13(19)16(5-4-14)11(3)17/h9-10H,4-8,14H2,1-3H3. The van der Waals surface area contributed by atoms with Gasteiger partial charge in [-0.25, -0.2) is 0 Å². The van der Waals surface area contributed by atoms with E-state index < -0.39 is 17.7 Å². The zero-order valence-electron chi connectivity index (χ0n) is 11.9. The molecule has 6 heteroatoms. The second-order valence-corrected chi connectivity index (χ2v) is 5.42. The van der Waals surface area contributed by atoms with E-state index in [-0.39, 0.29) is 13.1 Å². The Morgan fingerprint density at radius 3 is 2.16 bits per heavy atom. The molecule has 1 aliphatic heterocycles. The number of hydrogen-bond acceptors (Lipinski definition) is 4. The number of rotatable bonds is 2. The maximum absolute atomic E-state index is 12.2. The molecule has 0 radical (unpaired) electrons. The molecule has 0 saturated carbocycles. The highest BCUT2D eigenvalue weighted by Crippen LogP contribution is 2.21. The van der Waals surface area contributed by atoms with Gasteiger partial charge < -0.3 is 10.6 Å². The molecule has 1 heterocycles. The molecule has 2 N–H and O–H groups in total. The lowest BCUT2D eigenvalue weighted by Gasteiger charge is -2.35. The quantitative estimate of drug-likeness (QED) is 0.705. The smallest absolute Gasteiger partial charge is 0.318 e. The highest BCUT2D eigenvalue weighted by atomic mass is 16.2. The second-order valence-electron chi connectivity index (χ2n) is 5.42. The van der Waals surface area contributed by atoms with E-state index in [1.54, 1.807) is 4.90 Å². The van der Waals surface area contributed by atoms with Crippen molar-refractivity contribution in [2.24, 2.45) is 17.6 Å². The molecule has 1 saturated heterocycles. The lowest BCUT2D eigenvalue weighted by atomic mass is 9.92. The Bertz CT molecular complexity index is 360. The van der Waals surface area contributed by atoms with Gasteiger partial charge in [0.15, 0.2) is 0 Å². The van der Waals surface area contributed by atoms with Crippen molar-refractivity contribution in [3.05, 3.63) is 0 Å². The van der Waals surface area contributed by atoms with Gasteiger partial charge in [0.2, 0.25) is 5.91 Å². The Morgan fingerprint density at radius 1 is 1.21 bits per heavy atom. The van der Waals surface area contributed by atoms with Crippen LogP contribution in [0.4, 0.5) is 0 Å². The van der Waals surface area contributed by atoms with Gasteiger partial charge in [0, 0.05) is 33.1 Å². The van der Waals surface area contributed by atoms with E-state index in [1.165, 1.54) is 6.92 Å². The van der Waals surface area contributed by atoms with Crippen LogP contribution < -0.4 is 5.73 Å². The molecule has 3 amide bonds. The van der Waals surface area contributed by atoms with Gasteiger partial charge >= 0.3 is 11.8 Å². The van der Waals surface area contributed by atoms with E-state index in [2.05, 4.69) is 13.8 Å². The molecular formula is C13H23N3O3. The van der Waals surface area contributed by atoms with Crippen LogP contribution in [-0.2, 0) is 14.4 Å². The monoisotopic (exact) mass is 269 g/mol. The number of carbonyl (C=O) groups excluding carboxylic acids is 3. The molecule has 0 aromatic carbocycles. The first-order chi connectivity index (χ1) is 8.86. The van der Waals surface area contributed by atoms with Crippen molar-refractivity contribution in [3.63, 3.8) is 0 Å². The summed E-state index contributed by atoms with van der Waals surface area (Å²) >= 11 is 0. The van der Waals surface area contributed by atoms with Gasteiger partial charge in [0.1, 0.15) is 0 Å². The van der Waals surface area contributed by atoms with Crippen LogP contribution in [0.2, 0.25) is 0 Å². The zero-order chi connectivity index (χ0) is 14.6. The molecule has 2 unspecified atom stereocenters. The van der Waals surface area contributed by atoms with E-state index in [4.69, 9.17) is 5.73 Å². The maximum Gasteiger partial charge on any atom is 0.318 e. The van der Waals surface area contributed by atoms with Crippen molar-refractivity contribution >= 4 is 17.7 Å². The largest absolute Gasteiger partial charge is 0.334 e. The van der Waals surface area contributed by atoms with Gasteiger partial charge in [-0.05, 0) is 18.3 Å². The topological polar surface area (TPSA) is 83.7 Å². The second kappa shape index (κ2) is 6.65. The molecule has 6 nitrogen and oxygen atoms in total. The predicted molar refractivity (Wildman–Crippen MR) is 71.0 cm³/mol. The number of hydrogen-bond donors (Lipinski definition) is 1. The number of piperidine rings is 1. The summed E-state index contributed by atoms with van der Waals surface area (Å²) in [5, 5.41) is 0. The fourth-order valence-corrected chi connectivity index (χ4v) is 2.61. The van der Waals surface area contributed by atoms with E-state index in [0.717, 1.165) is 11.3 Å². The van der Waals surface area contributed by atoms with Crippen molar-refractivity contribution in [2.45, 2.75) is 27.2 Å². The summed E-state index contributed by atoms with van der Waals surface area (Å²) in [6.07, 6.45) is 1.05. The maximum atomic E-state index is 12.2. The lowest BCUT2D eigenvalue weighted by Crippen LogP contribution is -2.52. The first-order valence-electron chi connectivity index (χ1n) is 6.68. The van der Waals surface area contributed by atoms with Gasteiger partial charge in [0.25, 0.3) is 0 Å². The van der Waals surface area contributed by atoms with Crippen molar-refractivity contribution in [1.29, 1.82) is 0 Å². The summed E-state index contributed by atoms with van der Waals surface area (Å²) in [4.78, 5) is 38.0. The minimum absolute atomic E-state index is 0.0822. The molecule has 0 spiro atoms. The highest BCUT2D eigenvalue weighted by Gasteiger charge is 2.32. The first-order valence-corrected chi connectivity index (χ1v) is 6.68. The SMILES string of the molecule is CC(=O)N(CCN)C(=O)C(=O)N1CC(C)CC(C)C1. The van der Waals surface area contributed by atoms with Crippen LogP contribution in [-0.4, -0.2) is 53.7 Å². The summed E-state index contributed by atoms with van der Waals surface area (Å²) in [6, 6.07) is 0. The van der Waals surface area contributed by atoms with Crippen molar-refractivity contribution in [3.8, 4) is 0 Å². The number of amides is 3. The minimum Gasteiger partial charge on any atom is -0.334 e. The predicted octanol–water partition coefficient (Wildman–Crippen LogP) is -0.175. The third-order valence-corrected chi connectivity index (χ3v) is 3.32. The molecular weight excluding hydrogens is 246 g/mol. The highest BCUT2D eigenvalue weighted by molar-refractivity contribution is 6.37. The molecule has 0 bridgehead atoms. The van der Waals surface area contributed by atoms with Crippen LogP contribution in [0.25, 0.3) is 0 Å². The van der Waals surface area contributed by atoms with E-state index in [1.807, 2.05) is 0 Å². The summed E-state index contributed by atoms with van der Waals surface area (Å²) in [7, 11) is 0. The van der Waals surface area contributed by atoms with Gasteiger partial charge in [-0.1, -0.05) is 13.8 Å². The molecule has 1 rings (SSSR count). The third-order valence-electron chi connectivity index (χ3n) is 3.32. The molecule has 2 atom stereocenters. The van der Waals surface area contributed by atoms with E-state index in [9.17, 15) is 14.4 Å². The number of imide groups is 1. The fraction of sp³-hybridized carbons (Fsp3) is 0.769. The van der Waals surface area contributed by atoms with Crippen molar-refractivity contribution in [1.82, 2.24) is 9.80 Å². The lowest BCUT2D eigenvalue weighted by molar-refractivity contribution is -0.157. The molecule has 108 valence electrons. The first kappa shape index (κ1) is 15.6. The van der Waals surface area contributed by atoms with E-state index >= 15 is 0 Å². The molecule has 0 aliphatic carbocycles. The van der Waals surface area contributed by atoms with Gasteiger partial charge in [-0.2, -0.15) is 0 Å². The fourth-order valence-electron chi connectivity index (χ4n) is 2.61. The molecule has 19 heavy (non-hydrogen) atoms. The summed E-state index contributed by atoms with van der Waals surface area (Å²) in [6.45, 7) is 6.77. The average molecular weight is 269 g/mol. The molecule has 0 aromatic rings. The van der Waals surface area contributed by atoms with Crippen LogP contribution in [0.15, 0.2) is 0 Å². The van der Waals surface area contributed by atoms with Gasteiger partial charge in [0.05, 0.1) is 0 Å². The summed E-state index contributed by atoms with van der Waals surface area (Å²) in [5.41, 5.74) is 5.36. The van der Waals surface area contributed by atoms with Gasteiger partial charge in [-0.15, -0.1) is 0 Å².